The molecule has 2 heterocycles. The number of pyridine rings is 1. The Bertz CT molecular complexity index is 851. The quantitative estimate of drug-likeness (QED) is 0.777. The number of rotatable bonds is 6. The minimum Gasteiger partial charge on any atom is -0.493 e. The van der Waals surface area contributed by atoms with Gasteiger partial charge in [0.2, 0.25) is 0 Å². The maximum atomic E-state index is 12.3. The standard InChI is InChI=1S/C12H10Cl2N2O5S2/c1-21-7-2-6(3-10(17)18)5-15-12(7)16-23(19,20)8-4-9(13)22-11(8)14/h2,4-5H,3H2,1H3,(H,15,16)(H,17,18). The third kappa shape index (κ3) is 4.25. The number of carboxylic acid groups (broad SMARTS) is 1. The molecule has 0 fully saturated rings. The molecule has 0 radical (unpaired) electrons. The van der Waals surface area contributed by atoms with Gasteiger partial charge in [-0.15, -0.1) is 11.3 Å². The van der Waals surface area contributed by atoms with E-state index in [4.69, 9.17) is 33.0 Å². The minimum absolute atomic E-state index is 0.0176. The van der Waals surface area contributed by atoms with Gasteiger partial charge in [0.15, 0.2) is 11.6 Å². The van der Waals surface area contributed by atoms with Gasteiger partial charge in [0.25, 0.3) is 10.0 Å². The molecule has 0 aliphatic rings. The molecule has 2 rings (SSSR count). The summed E-state index contributed by atoms with van der Waals surface area (Å²) < 4.78 is 32.2. The molecule has 2 aromatic rings. The van der Waals surface area contributed by atoms with E-state index in [0.717, 1.165) is 11.3 Å². The molecule has 7 nitrogen and oxygen atoms in total. The molecule has 0 aliphatic carbocycles. The number of carboxylic acids is 1. The molecule has 2 aromatic heterocycles. The lowest BCUT2D eigenvalue weighted by Crippen LogP contribution is -2.15. The molecule has 0 aliphatic heterocycles. The summed E-state index contributed by atoms with van der Waals surface area (Å²) in [7, 11) is -2.69. The molecule has 0 bridgehead atoms. The monoisotopic (exact) mass is 396 g/mol. The zero-order chi connectivity index (χ0) is 17.2. The van der Waals surface area contributed by atoms with Crippen LogP contribution in [0.15, 0.2) is 23.2 Å². The van der Waals surface area contributed by atoms with Crippen LogP contribution < -0.4 is 9.46 Å². The third-order valence-corrected chi connectivity index (χ3v) is 5.72. The summed E-state index contributed by atoms with van der Waals surface area (Å²) in [5.74, 6) is -1.04. The molecule has 0 amide bonds. The minimum atomic E-state index is -4.01. The molecule has 124 valence electrons. The van der Waals surface area contributed by atoms with Crippen LogP contribution >= 0.6 is 34.5 Å². The van der Waals surface area contributed by atoms with Gasteiger partial charge in [-0.25, -0.2) is 13.4 Å². The second-order valence-electron chi connectivity index (χ2n) is 4.26. The van der Waals surface area contributed by atoms with Gasteiger partial charge in [0.05, 0.1) is 17.9 Å². The number of aromatic nitrogens is 1. The summed E-state index contributed by atoms with van der Waals surface area (Å²) in [6.07, 6.45) is 0.985. The predicted octanol–water partition coefficient (Wildman–Crippen LogP) is 2.89. The van der Waals surface area contributed by atoms with Crippen molar-refractivity contribution >= 4 is 56.3 Å². The van der Waals surface area contributed by atoms with Gasteiger partial charge >= 0.3 is 5.97 Å². The molecule has 11 heteroatoms. The molecule has 0 saturated carbocycles. The first-order valence-corrected chi connectivity index (χ1v) is 9.01. The van der Waals surface area contributed by atoms with Crippen LogP contribution in [0.3, 0.4) is 0 Å². The number of aliphatic carboxylic acids is 1. The molecule has 0 atom stereocenters. The van der Waals surface area contributed by atoms with Gasteiger partial charge < -0.3 is 9.84 Å². The van der Waals surface area contributed by atoms with Crippen LogP contribution in [0.4, 0.5) is 5.82 Å². The first kappa shape index (κ1) is 17.8. The van der Waals surface area contributed by atoms with E-state index in [2.05, 4.69) is 9.71 Å². The fourth-order valence-electron chi connectivity index (χ4n) is 1.68. The normalized spacial score (nSPS) is 11.3. The summed E-state index contributed by atoms with van der Waals surface area (Å²) in [6, 6.07) is 2.61. The fraction of sp³-hybridized carbons (Fsp3) is 0.167. The maximum Gasteiger partial charge on any atom is 0.307 e. The molecule has 0 unspecified atom stereocenters. The van der Waals surface area contributed by atoms with Crippen LogP contribution in [0.5, 0.6) is 5.75 Å². The number of ether oxygens (including phenoxy) is 1. The number of halogens is 2. The van der Waals surface area contributed by atoms with E-state index >= 15 is 0 Å². The van der Waals surface area contributed by atoms with Crippen molar-refractivity contribution < 1.29 is 23.1 Å². The highest BCUT2D eigenvalue weighted by molar-refractivity contribution is 7.93. The van der Waals surface area contributed by atoms with E-state index < -0.39 is 16.0 Å². The number of nitrogens with one attached hydrogen (secondary N) is 1. The van der Waals surface area contributed by atoms with Crippen LogP contribution in [0, 0.1) is 0 Å². The summed E-state index contributed by atoms with van der Waals surface area (Å²) in [4.78, 5) is 14.4. The number of thiophene rings is 1. The Morgan fingerprint density at radius 3 is 2.65 bits per heavy atom. The molecular weight excluding hydrogens is 387 g/mol. The van der Waals surface area contributed by atoms with Crippen LogP contribution in [-0.4, -0.2) is 31.6 Å². The molecular formula is C12H10Cl2N2O5S2. The summed E-state index contributed by atoms with van der Waals surface area (Å²) >= 11 is 12.5. The molecule has 23 heavy (non-hydrogen) atoms. The first-order valence-electron chi connectivity index (χ1n) is 5.95. The fourth-order valence-corrected chi connectivity index (χ4v) is 4.85. The van der Waals surface area contributed by atoms with Crippen LogP contribution in [0.1, 0.15) is 5.56 Å². The summed E-state index contributed by atoms with van der Waals surface area (Å²) in [6.45, 7) is 0. The van der Waals surface area contributed by atoms with Gasteiger partial charge in [-0.05, 0) is 17.7 Å². The number of carbonyl (C=O) groups is 1. The van der Waals surface area contributed by atoms with Crippen LogP contribution in [0.25, 0.3) is 0 Å². The Morgan fingerprint density at radius 2 is 2.13 bits per heavy atom. The van der Waals surface area contributed by atoms with Crippen molar-refractivity contribution in [1.29, 1.82) is 0 Å². The van der Waals surface area contributed by atoms with E-state index in [-0.39, 0.29) is 31.6 Å². The van der Waals surface area contributed by atoms with Gasteiger partial charge in [-0.1, -0.05) is 23.2 Å². The highest BCUT2D eigenvalue weighted by atomic mass is 35.5. The van der Waals surface area contributed by atoms with E-state index in [1.807, 2.05) is 0 Å². The summed E-state index contributed by atoms with van der Waals surface area (Å²) in [5.41, 5.74) is 0.369. The van der Waals surface area contributed by atoms with Crippen molar-refractivity contribution in [2.24, 2.45) is 0 Å². The van der Waals surface area contributed by atoms with E-state index in [1.165, 1.54) is 25.4 Å². The van der Waals surface area contributed by atoms with Crippen molar-refractivity contribution in [2.45, 2.75) is 11.3 Å². The number of hydrogen-bond donors (Lipinski definition) is 2. The van der Waals surface area contributed by atoms with Crippen LogP contribution in [0.2, 0.25) is 8.67 Å². The molecule has 0 spiro atoms. The molecule has 0 saturated heterocycles. The van der Waals surface area contributed by atoms with Crippen molar-refractivity contribution in [3.8, 4) is 5.75 Å². The maximum absolute atomic E-state index is 12.3. The number of sulfonamides is 1. The van der Waals surface area contributed by atoms with Gasteiger partial charge in [-0.3, -0.25) is 9.52 Å². The number of methoxy groups -OCH3 is 1. The second-order valence-corrected chi connectivity index (χ2v) is 8.20. The van der Waals surface area contributed by atoms with Crippen molar-refractivity contribution in [1.82, 2.24) is 4.98 Å². The number of nitrogens with zero attached hydrogens (tertiary/aromatic N) is 1. The van der Waals surface area contributed by atoms with Crippen molar-refractivity contribution in [2.75, 3.05) is 11.8 Å². The molecule has 0 aromatic carbocycles. The highest BCUT2D eigenvalue weighted by Crippen LogP contribution is 2.35. The van der Waals surface area contributed by atoms with Gasteiger partial charge in [-0.2, -0.15) is 0 Å². The Hall–Kier alpha value is -1.55. The Kier molecular flexibility index (Phi) is 5.35. The lowest BCUT2D eigenvalue weighted by atomic mass is 10.2. The summed E-state index contributed by atoms with van der Waals surface area (Å²) in [5, 5.41) is 8.76. The zero-order valence-corrected chi connectivity index (χ0v) is 14.7. The molecule has 2 N–H and O–H groups in total. The van der Waals surface area contributed by atoms with E-state index in [0.29, 0.717) is 5.56 Å². The van der Waals surface area contributed by atoms with E-state index in [9.17, 15) is 13.2 Å². The SMILES string of the molecule is COc1cc(CC(=O)O)cnc1NS(=O)(=O)c1cc(Cl)sc1Cl. The van der Waals surface area contributed by atoms with Crippen LogP contribution in [-0.2, 0) is 21.2 Å². The largest absolute Gasteiger partial charge is 0.493 e. The second kappa shape index (κ2) is 6.91. The third-order valence-electron chi connectivity index (χ3n) is 2.63. The highest BCUT2D eigenvalue weighted by Gasteiger charge is 2.23. The Balaban J connectivity index is 2.35. The van der Waals surface area contributed by atoms with Crippen molar-refractivity contribution in [3.63, 3.8) is 0 Å². The predicted molar refractivity (Wildman–Crippen MR) is 87.3 cm³/mol. The van der Waals surface area contributed by atoms with Crippen molar-refractivity contribution in [3.05, 3.63) is 32.6 Å². The average Bonchev–Trinajstić information content (AvgIpc) is 2.79. The lowest BCUT2D eigenvalue weighted by Gasteiger charge is -2.11. The topological polar surface area (TPSA) is 106 Å². The number of anilines is 1. The average molecular weight is 397 g/mol. The van der Waals surface area contributed by atoms with Gasteiger partial charge in [0.1, 0.15) is 9.23 Å². The van der Waals surface area contributed by atoms with E-state index in [1.54, 1.807) is 0 Å². The smallest absolute Gasteiger partial charge is 0.307 e. The zero-order valence-electron chi connectivity index (χ0n) is 11.5. The first-order chi connectivity index (χ1) is 10.7. The lowest BCUT2D eigenvalue weighted by molar-refractivity contribution is -0.136. The number of hydrogen-bond acceptors (Lipinski definition) is 6. The van der Waals surface area contributed by atoms with Gasteiger partial charge in [0, 0.05) is 6.20 Å². The Morgan fingerprint density at radius 1 is 1.43 bits per heavy atom. The Labute approximate surface area is 145 Å².